The van der Waals surface area contributed by atoms with Crippen LogP contribution in [-0.4, -0.2) is 52.0 Å². The van der Waals surface area contributed by atoms with Crippen molar-refractivity contribution >= 4 is 26.2 Å². The fraction of sp³-hybridized carbons (Fsp3) is 0.500. The van der Waals surface area contributed by atoms with Gasteiger partial charge >= 0.3 is 0 Å². The SMILES string of the molecule is CC[Si](CC)(CCCCc1ccc(C)cc1)OCCNC(=O)CNC(=O)CCCC=Cc1cc(OC)ccc1O. The van der Waals surface area contributed by atoms with Gasteiger partial charge in [0, 0.05) is 18.5 Å². The van der Waals surface area contributed by atoms with Gasteiger partial charge in [-0.1, -0.05) is 62.2 Å². The summed E-state index contributed by atoms with van der Waals surface area (Å²) in [6.45, 7) is 7.50. The van der Waals surface area contributed by atoms with E-state index in [0.29, 0.717) is 43.7 Å². The number of ether oxygens (including phenoxy) is 1. The van der Waals surface area contributed by atoms with Gasteiger partial charge in [-0.05, 0) is 74.5 Å². The maximum absolute atomic E-state index is 12.2. The first kappa shape index (κ1) is 33.1. The zero-order chi connectivity index (χ0) is 29.2. The number of amides is 2. The Morgan fingerprint density at radius 2 is 1.73 bits per heavy atom. The van der Waals surface area contributed by atoms with Crippen molar-refractivity contribution in [2.75, 3.05) is 26.8 Å². The Hall–Kier alpha value is -3.10. The Morgan fingerprint density at radius 1 is 0.975 bits per heavy atom. The fourth-order valence-corrected chi connectivity index (χ4v) is 7.77. The largest absolute Gasteiger partial charge is 0.507 e. The molecule has 2 aromatic rings. The van der Waals surface area contributed by atoms with Crippen LogP contribution < -0.4 is 15.4 Å². The molecule has 0 unspecified atom stereocenters. The highest BCUT2D eigenvalue weighted by molar-refractivity contribution is 6.73. The van der Waals surface area contributed by atoms with Crippen molar-refractivity contribution in [1.82, 2.24) is 10.6 Å². The lowest BCUT2D eigenvalue weighted by Gasteiger charge is -2.29. The first-order valence-electron chi connectivity index (χ1n) is 14.6. The standard InChI is InChI=1S/C32H48N2O5Si/c1-5-40(6-2,23-11-10-12-27-17-15-26(3)16-18-27)39-22-21-33-32(37)25-34-31(36)14-9-7-8-13-28-24-29(38-4)19-20-30(28)35/h8,13,15-20,24,35H,5-7,9-12,14,21-23,25H2,1-4H3,(H,33,37)(H,34,36). The van der Waals surface area contributed by atoms with Crippen LogP contribution in [0, 0.1) is 6.92 Å². The van der Waals surface area contributed by atoms with E-state index >= 15 is 0 Å². The Kier molecular flexibility index (Phi) is 15.1. The van der Waals surface area contributed by atoms with Crippen LogP contribution in [0.5, 0.6) is 11.5 Å². The summed E-state index contributed by atoms with van der Waals surface area (Å²) in [6.07, 6.45) is 8.81. The molecule has 2 aromatic carbocycles. The quantitative estimate of drug-likeness (QED) is 0.140. The minimum absolute atomic E-state index is 0.0322. The molecule has 0 aliphatic carbocycles. The highest BCUT2D eigenvalue weighted by atomic mass is 28.4. The second-order valence-corrected chi connectivity index (χ2v) is 14.8. The molecule has 0 fully saturated rings. The van der Waals surface area contributed by atoms with Gasteiger partial charge in [-0.3, -0.25) is 9.59 Å². The maximum atomic E-state index is 12.2. The smallest absolute Gasteiger partial charge is 0.239 e. The topological polar surface area (TPSA) is 96.9 Å². The molecule has 220 valence electrons. The molecule has 0 aliphatic rings. The average Bonchev–Trinajstić information content (AvgIpc) is 2.97. The lowest BCUT2D eigenvalue weighted by Crippen LogP contribution is -2.41. The van der Waals surface area contributed by atoms with Crippen molar-refractivity contribution in [1.29, 1.82) is 0 Å². The Balaban J connectivity index is 1.58. The van der Waals surface area contributed by atoms with Crippen molar-refractivity contribution in [3.63, 3.8) is 0 Å². The molecule has 0 spiro atoms. The van der Waals surface area contributed by atoms with Crippen molar-refractivity contribution in [2.24, 2.45) is 0 Å². The number of carbonyl (C=O) groups excluding carboxylic acids is 2. The van der Waals surface area contributed by atoms with Crippen LogP contribution in [0.25, 0.3) is 6.08 Å². The molecule has 0 saturated carbocycles. The second-order valence-electron chi connectivity index (χ2n) is 10.3. The molecular weight excluding hydrogens is 520 g/mol. The van der Waals surface area contributed by atoms with Crippen LogP contribution in [-0.2, 0) is 20.4 Å². The molecule has 2 amide bonds. The zero-order valence-electron chi connectivity index (χ0n) is 24.8. The summed E-state index contributed by atoms with van der Waals surface area (Å²) in [5, 5.41) is 15.5. The molecule has 0 atom stereocenters. The van der Waals surface area contributed by atoms with Gasteiger partial charge in [0.2, 0.25) is 11.8 Å². The minimum Gasteiger partial charge on any atom is -0.507 e. The van der Waals surface area contributed by atoms with Gasteiger partial charge in [0.05, 0.1) is 20.3 Å². The average molecular weight is 569 g/mol. The summed E-state index contributed by atoms with van der Waals surface area (Å²) in [5.41, 5.74) is 3.35. The summed E-state index contributed by atoms with van der Waals surface area (Å²) >= 11 is 0. The normalized spacial score (nSPS) is 11.5. The summed E-state index contributed by atoms with van der Waals surface area (Å²) < 4.78 is 11.6. The molecule has 0 radical (unpaired) electrons. The van der Waals surface area contributed by atoms with E-state index in [1.54, 1.807) is 25.3 Å². The van der Waals surface area contributed by atoms with E-state index in [4.69, 9.17) is 9.16 Å². The number of phenols is 1. The Labute approximate surface area is 241 Å². The first-order chi connectivity index (χ1) is 19.3. The first-order valence-corrected chi connectivity index (χ1v) is 17.1. The van der Waals surface area contributed by atoms with Gasteiger partial charge in [0.25, 0.3) is 0 Å². The Bertz CT molecular complexity index is 1070. The number of phenolic OH excluding ortho intramolecular Hbond substituents is 1. The summed E-state index contributed by atoms with van der Waals surface area (Å²) in [6, 6.07) is 17.1. The predicted molar refractivity (Wildman–Crippen MR) is 165 cm³/mol. The van der Waals surface area contributed by atoms with Gasteiger partial charge in [0.1, 0.15) is 11.5 Å². The second kappa shape index (κ2) is 18.3. The lowest BCUT2D eigenvalue weighted by atomic mass is 10.1. The number of methoxy groups -OCH3 is 1. The van der Waals surface area contributed by atoms with Crippen LogP contribution in [0.1, 0.15) is 62.6 Å². The highest BCUT2D eigenvalue weighted by Gasteiger charge is 2.30. The molecule has 0 aliphatic heterocycles. The van der Waals surface area contributed by atoms with Crippen LogP contribution in [0.4, 0.5) is 0 Å². The Morgan fingerprint density at radius 3 is 2.42 bits per heavy atom. The third-order valence-corrected chi connectivity index (χ3v) is 12.0. The molecule has 0 bridgehead atoms. The molecule has 0 aromatic heterocycles. The van der Waals surface area contributed by atoms with Gasteiger partial charge < -0.3 is 24.9 Å². The zero-order valence-corrected chi connectivity index (χ0v) is 25.8. The molecule has 2 rings (SSSR count). The number of hydrogen-bond donors (Lipinski definition) is 3. The van der Waals surface area contributed by atoms with Crippen molar-refractivity contribution in [3.05, 3.63) is 65.2 Å². The number of benzene rings is 2. The van der Waals surface area contributed by atoms with Gasteiger partial charge in [-0.2, -0.15) is 0 Å². The third-order valence-electron chi connectivity index (χ3n) is 7.34. The molecule has 0 heterocycles. The van der Waals surface area contributed by atoms with Crippen LogP contribution in [0.2, 0.25) is 18.1 Å². The number of nitrogens with one attached hydrogen (secondary N) is 2. The number of allylic oxidation sites excluding steroid dienone is 1. The van der Waals surface area contributed by atoms with Gasteiger partial charge in [-0.15, -0.1) is 0 Å². The molecule has 7 nitrogen and oxygen atoms in total. The summed E-state index contributed by atoms with van der Waals surface area (Å²) in [4.78, 5) is 24.3. The molecule has 0 saturated heterocycles. The monoisotopic (exact) mass is 568 g/mol. The molecule has 8 heteroatoms. The number of hydrogen-bond acceptors (Lipinski definition) is 5. The third kappa shape index (κ3) is 12.4. The van der Waals surface area contributed by atoms with E-state index in [9.17, 15) is 14.7 Å². The molecular formula is C32H48N2O5Si. The van der Waals surface area contributed by atoms with E-state index in [1.807, 2.05) is 12.2 Å². The lowest BCUT2D eigenvalue weighted by molar-refractivity contribution is -0.126. The maximum Gasteiger partial charge on any atom is 0.239 e. The predicted octanol–water partition coefficient (Wildman–Crippen LogP) is 6.15. The number of aryl methyl sites for hydroxylation is 2. The minimum atomic E-state index is -1.80. The number of rotatable bonds is 19. The fourth-order valence-electron chi connectivity index (χ4n) is 4.58. The van der Waals surface area contributed by atoms with Crippen molar-refractivity contribution < 1.29 is 23.9 Å². The van der Waals surface area contributed by atoms with Crippen LogP contribution in [0.15, 0.2) is 48.5 Å². The van der Waals surface area contributed by atoms with Gasteiger partial charge in [0.15, 0.2) is 8.32 Å². The number of unbranched alkanes of at least 4 members (excludes halogenated alkanes) is 2. The number of aromatic hydroxyl groups is 1. The van der Waals surface area contributed by atoms with E-state index < -0.39 is 8.32 Å². The van der Waals surface area contributed by atoms with E-state index in [-0.39, 0.29) is 24.1 Å². The van der Waals surface area contributed by atoms with Crippen molar-refractivity contribution in [2.45, 2.75) is 77.4 Å². The molecule has 3 N–H and O–H groups in total. The number of carbonyl (C=O) groups is 2. The van der Waals surface area contributed by atoms with Gasteiger partial charge in [-0.25, -0.2) is 0 Å². The van der Waals surface area contributed by atoms with E-state index in [1.165, 1.54) is 24.0 Å². The highest BCUT2D eigenvalue weighted by Crippen LogP contribution is 2.26. The van der Waals surface area contributed by atoms with Crippen LogP contribution >= 0.6 is 0 Å². The summed E-state index contributed by atoms with van der Waals surface area (Å²) in [7, 11) is -0.220. The molecule has 40 heavy (non-hydrogen) atoms. The van der Waals surface area contributed by atoms with E-state index in [2.05, 4.69) is 55.7 Å². The van der Waals surface area contributed by atoms with Crippen molar-refractivity contribution in [3.8, 4) is 11.5 Å². The van der Waals surface area contributed by atoms with Crippen LogP contribution in [0.3, 0.4) is 0 Å². The van der Waals surface area contributed by atoms with E-state index in [0.717, 1.165) is 24.6 Å². The summed E-state index contributed by atoms with van der Waals surface area (Å²) in [5.74, 6) is 0.489.